The SMILES string of the molecule is COC(=O)c1nnc(-c2cncs2)o1. The molecule has 0 spiro atoms. The Bertz CT molecular complexity index is 437. The van der Waals surface area contributed by atoms with Crippen LogP contribution in [-0.4, -0.2) is 28.3 Å². The molecule has 2 heterocycles. The Morgan fingerprint density at radius 1 is 1.57 bits per heavy atom. The first-order valence-electron chi connectivity index (χ1n) is 3.62. The van der Waals surface area contributed by atoms with Crippen LogP contribution in [0.25, 0.3) is 10.8 Å². The molecule has 0 aliphatic rings. The molecule has 0 unspecified atom stereocenters. The molecule has 2 aromatic rings. The highest BCUT2D eigenvalue weighted by atomic mass is 32.1. The zero-order chi connectivity index (χ0) is 9.97. The van der Waals surface area contributed by atoms with E-state index < -0.39 is 5.97 Å². The number of hydrogen-bond donors (Lipinski definition) is 0. The Balaban J connectivity index is 2.31. The largest absolute Gasteiger partial charge is 0.462 e. The number of hydrogen-bond acceptors (Lipinski definition) is 7. The zero-order valence-electron chi connectivity index (χ0n) is 7.13. The molecule has 7 heteroatoms. The number of thiazole rings is 1. The van der Waals surface area contributed by atoms with Crippen molar-refractivity contribution in [3.05, 3.63) is 17.6 Å². The first-order valence-corrected chi connectivity index (χ1v) is 4.50. The van der Waals surface area contributed by atoms with Crippen LogP contribution in [-0.2, 0) is 4.74 Å². The van der Waals surface area contributed by atoms with Crippen molar-refractivity contribution in [1.29, 1.82) is 0 Å². The molecule has 0 aliphatic carbocycles. The van der Waals surface area contributed by atoms with Gasteiger partial charge in [-0.25, -0.2) is 4.79 Å². The number of aromatic nitrogens is 3. The second kappa shape index (κ2) is 3.54. The van der Waals surface area contributed by atoms with Gasteiger partial charge in [-0.15, -0.1) is 21.5 Å². The predicted octanol–water partition coefficient (Wildman–Crippen LogP) is 0.980. The van der Waals surface area contributed by atoms with Crippen molar-refractivity contribution in [2.45, 2.75) is 0 Å². The summed E-state index contributed by atoms with van der Waals surface area (Å²) in [7, 11) is 1.25. The quantitative estimate of drug-likeness (QED) is 0.689. The summed E-state index contributed by atoms with van der Waals surface area (Å²) in [4.78, 5) is 15.5. The fourth-order valence-electron chi connectivity index (χ4n) is 0.814. The molecule has 0 atom stereocenters. The molecule has 0 saturated heterocycles. The molecule has 0 aliphatic heterocycles. The molecular weight excluding hydrogens is 206 g/mol. The van der Waals surface area contributed by atoms with Gasteiger partial charge in [0.15, 0.2) is 0 Å². The lowest BCUT2D eigenvalue weighted by molar-refractivity contribution is 0.0557. The van der Waals surface area contributed by atoms with Gasteiger partial charge in [-0.05, 0) is 0 Å². The minimum absolute atomic E-state index is 0.157. The highest BCUT2D eigenvalue weighted by molar-refractivity contribution is 7.13. The maximum absolute atomic E-state index is 11.0. The molecule has 0 N–H and O–H groups in total. The molecule has 0 aromatic carbocycles. The lowest BCUT2D eigenvalue weighted by Gasteiger charge is -1.88. The van der Waals surface area contributed by atoms with E-state index in [9.17, 15) is 4.79 Å². The number of methoxy groups -OCH3 is 1. The van der Waals surface area contributed by atoms with Crippen LogP contribution in [0.2, 0.25) is 0 Å². The molecule has 2 rings (SSSR count). The molecule has 2 aromatic heterocycles. The van der Waals surface area contributed by atoms with E-state index in [-0.39, 0.29) is 11.8 Å². The van der Waals surface area contributed by atoms with Crippen LogP contribution in [0.5, 0.6) is 0 Å². The maximum atomic E-state index is 11.0. The lowest BCUT2D eigenvalue weighted by atomic mass is 10.6. The molecule has 72 valence electrons. The zero-order valence-corrected chi connectivity index (χ0v) is 7.95. The maximum Gasteiger partial charge on any atom is 0.396 e. The third-order valence-electron chi connectivity index (χ3n) is 1.43. The van der Waals surface area contributed by atoms with E-state index >= 15 is 0 Å². The third-order valence-corrected chi connectivity index (χ3v) is 2.19. The Morgan fingerprint density at radius 3 is 3.07 bits per heavy atom. The second-order valence-electron chi connectivity index (χ2n) is 2.27. The van der Waals surface area contributed by atoms with Gasteiger partial charge in [0.05, 0.1) is 18.8 Å². The van der Waals surface area contributed by atoms with E-state index in [0.717, 1.165) is 0 Å². The van der Waals surface area contributed by atoms with Crippen molar-refractivity contribution in [2.24, 2.45) is 0 Å². The van der Waals surface area contributed by atoms with Crippen LogP contribution < -0.4 is 0 Å². The highest BCUT2D eigenvalue weighted by Crippen LogP contribution is 2.21. The summed E-state index contributed by atoms with van der Waals surface area (Å²) >= 11 is 1.35. The number of esters is 1. The predicted molar refractivity (Wildman–Crippen MR) is 46.7 cm³/mol. The minimum atomic E-state index is -0.645. The average Bonchev–Trinajstić information content (AvgIpc) is 2.86. The topological polar surface area (TPSA) is 78.1 Å². The van der Waals surface area contributed by atoms with Crippen molar-refractivity contribution >= 4 is 17.3 Å². The van der Waals surface area contributed by atoms with Crippen LogP contribution in [0.1, 0.15) is 10.7 Å². The summed E-state index contributed by atoms with van der Waals surface area (Å²) in [6.45, 7) is 0. The Kier molecular flexibility index (Phi) is 2.23. The summed E-state index contributed by atoms with van der Waals surface area (Å²) in [5.41, 5.74) is 1.64. The fourth-order valence-corrected chi connectivity index (χ4v) is 1.35. The number of carbonyl (C=O) groups is 1. The number of nitrogens with zero attached hydrogens (tertiary/aromatic N) is 3. The van der Waals surface area contributed by atoms with Gasteiger partial charge in [-0.2, -0.15) is 0 Å². The monoisotopic (exact) mass is 211 g/mol. The van der Waals surface area contributed by atoms with E-state index in [1.165, 1.54) is 18.4 Å². The van der Waals surface area contributed by atoms with Crippen LogP contribution >= 0.6 is 11.3 Å². The Labute approximate surface area is 82.6 Å². The van der Waals surface area contributed by atoms with Gasteiger partial charge in [-0.1, -0.05) is 0 Å². The average molecular weight is 211 g/mol. The van der Waals surface area contributed by atoms with Crippen LogP contribution in [0, 0.1) is 0 Å². The standard InChI is InChI=1S/C7H5N3O3S/c1-12-7(11)6-10-9-5(13-6)4-2-8-3-14-4/h2-3H,1H3. The molecule has 0 amide bonds. The van der Waals surface area contributed by atoms with Crippen LogP contribution in [0.4, 0.5) is 0 Å². The van der Waals surface area contributed by atoms with Crippen molar-refractivity contribution in [3.63, 3.8) is 0 Å². The summed E-state index contributed by atoms with van der Waals surface area (Å²) in [6.07, 6.45) is 1.58. The van der Waals surface area contributed by atoms with E-state index in [1.54, 1.807) is 11.7 Å². The number of carbonyl (C=O) groups excluding carboxylic acids is 1. The van der Waals surface area contributed by atoms with Crippen LogP contribution in [0.15, 0.2) is 16.1 Å². The van der Waals surface area contributed by atoms with E-state index in [0.29, 0.717) is 4.88 Å². The summed E-state index contributed by atoms with van der Waals surface area (Å²) in [5, 5.41) is 7.21. The molecule has 6 nitrogen and oxygen atoms in total. The third kappa shape index (κ3) is 1.49. The van der Waals surface area contributed by atoms with E-state index in [1.807, 2.05) is 0 Å². The van der Waals surface area contributed by atoms with Gasteiger partial charge in [0.2, 0.25) is 0 Å². The van der Waals surface area contributed by atoms with Gasteiger partial charge in [0.25, 0.3) is 5.89 Å². The number of rotatable bonds is 2. The second-order valence-corrected chi connectivity index (χ2v) is 3.16. The Morgan fingerprint density at radius 2 is 2.43 bits per heavy atom. The van der Waals surface area contributed by atoms with Crippen molar-refractivity contribution in [2.75, 3.05) is 7.11 Å². The first kappa shape index (κ1) is 8.82. The summed E-state index contributed by atoms with van der Waals surface area (Å²) in [6, 6.07) is 0. The van der Waals surface area contributed by atoms with Gasteiger partial charge in [0, 0.05) is 0 Å². The van der Waals surface area contributed by atoms with Crippen molar-refractivity contribution in [3.8, 4) is 10.8 Å². The Hall–Kier alpha value is -1.76. The first-order chi connectivity index (χ1) is 6.81. The highest BCUT2D eigenvalue weighted by Gasteiger charge is 2.16. The summed E-state index contributed by atoms with van der Waals surface area (Å²) in [5.74, 6) is -0.530. The molecule has 14 heavy (non-hydrogen) atoms. The van der Waals surface area contributed by atoms with E-state index in [4.69, 9.17) is 4.42 Å². The van der Waals surface area contributed by atoms with Gasteiger partial charge in [0.1, 0.15) is 4.88 Å². The van der Waals surface area contributed by atoms with Crippen LogP contribution in [0.3, 0.4) is 0 Å². The summed E-state index contributed by atoms with van der Waals surface area (Å²) < 4.78 is 9.47. The molecule has 0 radical (unpaired) electrons. The normalized spacial score (nSPS) is 10.1. The van der Waals surface area contributed by atoms with Gasteiger partial charge < -0.3 is 9.15 Å². The minimum Gasteiger partial charge on any atom is -0.462 e. The number of ether oxygens (including phenoxy) is 1. The van der Waals surface area contributed by atoms with Crippen molar-refractivity contribution < 1.29 is 13.9 Å². The van der Waals surface area contributed by atoms with Crippen molar-refractivity contribution in [1.82, 2.24) is 15.2 Å². The smallest absolute Gasteiger partial charge is 0.396 e. The lowest BCUT2D eigenvalue weighted by Crippen LogP contribution is -2.00. The molecule has 0 bridgehead atoms. The molecule has 0 fully saturated rings. The fraction of sp³-hybridized carbons (Fsp3) is 0.143. The van der Waals surface area contributed by atoms with Gasteiger partial charge in [-0.3, -0.25) is 4.98 Å². The molecule has 0 saturated carbocycles. The van der Waals surface area contributed by atoms with E-state index in [2.05, 4.69) is 19.9 Å². The van der Waals surface area contributed by atoms with Gasteiger partial charge >= 0.3 is 11.9 Å². The molecular formula is C7H5N3O3S.